The Kier molecular flexibility index (Phi) is 3.39. The van der Waals surface area contributed by atoms with Gasteiger partial charge in [0.15, 0.2) is 0 Å². The third-order valence-electron chi connectivity index (χ3n) is 1.06. The molecule has 1 amide bonds. The average Bonchev–Trinajstić information content (AvgIpc) is 1.87. The average molecular weight is 141 g/mol. The molecule has 0 aromatic carbocycles. The van der Waals surface area contributed by atoms with Gasteiger partial charge in [-0.3, -0.25) is 9.59 Å². The summed E-state index contributed by atoms with van der Waals surface area (Å²) < 4.78 is 0. The van der Waals surface area contributed by atoms with E-state index in [-0.39, 0.29) is 5.91 Å². The number of rotatable bonds is 2. The van der Waals surface area contributed by atoms with Crippen LogP contribution in [0.1, 0.15) is 6.92 Å². The summed E-state index contributed by atoms with van der Waals surface area (Å²) in [5, 5.41) is 0. The van der Waals surface area contributed by atoms with Gasteiger partial charge in [0.1, 0.15) is 6.29 Å². The lowest BCUT2D eigenvalue weighted by Gasteiger charge is -2.08. The van der Waals surface area contributed by atoms with Gasteiger partial charge in [-0.2, -0.15) is 0 Å². The van der Waals surface area contributed by atoms with Crippen LogP contribution in [0.3, 0.4) is 0 Å². The van der Waals surface area contributed by atoms with Crippen LogP contribution in [-0.2, 0) is 9.59 Å². The van der Waals surface area contributed by atoms with E-state index in [1.807, 2.05) is 0 Å². The van der Waals surface area contributed by atoms with E-state index < -0.39 is 0 Å². The standard InChI is InChI=1S/C7H11NO2/c1-6(4-5-9)7(10)8(2)3/h4-5H,1-3H3/b6-4-. The number of likely N-dealkylation sites (N-methyl/N-ethyl adjacent to an activating group) is 1. The molecule has 0 spiro atoms. The molecule has 10 heavy (non-hydrogen) atoms. The van der Waals surface area contributed by atoms with Crippen LogP contribution in [0.4, 0.5) is 0 Å². The molecule has 0 aliphatic rings. The summed E-state index contributed by atoms with van der Waals surface area (Å²) in [4.78, 5) is 22.3. The fourth-order valence-electron chi connectivity index (χ4n) is 0.526. The molecule has 0 atom stereocenters. The molecule has 0 saturated carbocycles. The predicted octanol–water partition coefficient (Wildman–Crippen LogP) is 0.220. The first-order valence-electron chi connectivity index (χ1n) is 2.93. The molecule has 0 aromatic heterocycles. The molecule has 0 aliphatic heterocycles. The van der Waals surface area contributed by atoms with Crippen LogP contribution in [0.15, 0.2) is 11.6 Å². The molecule has 0 radical (unpaired) electrons. The summed E-state index contributed by atoms with van der Waals surface area (Å²) in [6, 6.07) is 0. The second kappa shape index (κ2) is 3.82. The lowest BCUT2D eigenvalue weighted by Crippen LogP contribution is -2.22. The maximum Gasteiger partial charge on any atom is 0.249 e. The minimum atomic E-state index is -0.132. The smallest absolute Gasteiger partial charge is 0.249 e. The van der Waals surface area contributed by atoms with Crippen molar-refractivity contribution < 1.29 is 9.59 Å². The van der Waals surface area contributed by atoms with Gasteiger partial charge in [-0.15, -0.1) is 0 Å². The van der Waals surface area contributed by atoms with Crippen molar-refractivity contribution in [1.82, 2.24) is 4.90 Å². The highest BCUT2D eigenvalue weighted by atomic mass is 16.2. The van der Waals surface area contributed by atoms with Crippen LogP contribution in [0.25, 0.3) is 0 Å². The van der Waals surface area contributed by atoms with Crippen molar-refractivity contribution in [3.8, 4) is 0 Å². The molecule has 0 unspecified atom stereocenters. The van der Waals surface area contributed by atoms with E-state index in [0.29, 0.717) is 11.9 Å². The number of hydrogen-bond donors (Lipinski definition) is 0. The maximum absolute atomic E-state index is 10.9. The predicted molar refractivity (Wildman–Crippen MR) is 38.5 cm³/mol. The fourth-order valence-corrected chi connectivity index (χ4v) is 0.526. The lowest BCUT2D eigenvalue weighted by atomic mass is 10.2. The Morgan fingerprint density at radius 2 is 1.90 bits per heavy atom. The van der Waals surface area contributed by atoms with Gasteiger partial charge in [0, 0.05) is 19.7 Å². The third-order valence-corrected chi connectivity index (χ3v) is 1.06. The van der Waals surface area contributed by atoms with Crippen LogP contribution in [0.5, 0.6) is 0 Å². The van der Waals surface area contributed by atoms with Gasteiger partial charge in [-0.1, -0.05) is 0 Å². The molecular formula is C7H11NO2. The first-order chi connectivity index (χ1) is 4.59. The Hall–Kier alpha value is -1.12. The van der Waals surface area contributed by atoms with Crippen LogP contribution >= 0.6 is 0 Å². The maximum atomic E-state index is 10.9. The minimum absolute atomic E-state index is 0.132. The monoisotopic (exact) mass is 141 g/mol. The molecular weight excluding hydrogens is 130 g/mol. The molecule has 3 heteroatoms. The van der Waals surface area contributed by atoms with E-state index in [9.17, 15) is 9.59 Å². The van der Waals surface area contributed by atoms with Crippen molar-refractivity contribution in [3.63, 3.8) is 0 Å². The van der Waals surface area contributed by atoms with Crippen LogP contribution < -0.4 is 0 Å². The zero-order valence-corrected chi connectivity index (χ0v) is 6.42. The molecule has 0 heterocycles. The molecule has 0 bridgehead atoms. The quantitative estimate of drug-likeness (QED) is 0.407. The highest BCUT2D eigenvalue weighted by Gasteiger charge is 2.04. The number of aldehydes is 1. The van der Waals surface area contributed by atoms with Gasteiger partial charge in [0.05, 0.1) is 0 Å². The normalized spacial score (nSPS) is 10.9. The summed E-state index contributed by atoms with van der Waals surface area (Å²) in [6.07, 6.45) is 1.86. The van der Waals surface area contributed by atoms with Gasteiger partial charge >= 0.3 is 0 Å². The number of hydrogen-bond acceptors (Lipinski definition) is 2. The number of nitrogens with zero attached hydrogens (tertiary/aromatic N) is 1. The highest BCUT2D eigenvalue weighted by molar-refractivity contribution is 5.95. The number of allylic oxidation sites excluding steroid dienone is 1. The first-order valence-corrected chi connectivity index (χ1v) is 2.93. The summed E-state index contributed by atoms with van der Waals surface area (Å²) in [7, 11) is 3.29. The van der Waals surface area contributed by atoms with Gasteiger partial charge in [0.2, 0.25) is 5.91 Å². The third kappa shape index (κ3) is 2.44. The Morgan fingerprint density at radius 3 is 2.20 bits per heavy atom. The molecule has 3 nitrogen and oxygen atoms in total. The Morgan fingerprint density at radius 1 is 1.40 bits per heavy atom. The molecule has 0 aliphatic carbocycles. The van der Waals surface area contributed by atoms with Crippen LogP contribution in [0.2, 0.25) is 0 Å². The van der Waals surface area contributed by atoms with Gasteiger partial charge < -0.3 is 4.90 Å². The second-order valence-electron chi connectivity index (χ2n) is 2.19. The summed E-state index contributed by atoms with van der Waals surface area (Å²) >= 11 is 0. The lowest BCUT2D eigenvalue weighted by molar-refractivity contribution is -0.124. The zero-order valence-electron chi connectivity index (χ0n) is 6.42. The number of carbonyl (C=O) groups is 2. The summed E-state index contributed by atoms with van der Waals surface area (Å²) in [5.41, 5.74) is 0.458. The zero-order chi connectivity index (χ0) is 8.15. The van der Waals surface area contributed by atoms with Crippen molar-refractivity contribution in [2.75, 3.05) is 14.1 Å². The van der Waals surface area contributed by atoms with E-state index in [2.05, 4.69) is 0 Å². The molecule has 0 fully saturated rings. The Balaban J connectivity index is 4.21. The van der Waals surface area contributed by atoms with E-state index in [1.165, 1.54) is 11.0 Å². The van der Waals surface area contributed by atoms with Crippen molar-refractivity contribution in [1.29, 1.82) is 0 Å². The van der Waals surface area contributed by atoms with Gasteiger partial charge in [0.25, 0.3) is 0 Å². The summed E-state index contributed by atoms with van der Waals surface area (Å²) in [5.74, 6) is -0.132. The molecule has 0 rings (SSSR count). The van der Waals surface area contributed by atoms with Crippen molar-refractivity contribution >= 4 is 12.2 Å². The first kappa shape index (κ1) is 8.88. The molecule has 0 saturated heterocycles. The van der Waals surface area contributed by atoms with Crippen LogP contribution in [-0.4, -0.2) is 31.2 Å². The molecule has 56 valence electrons. The SMILES string of the molecule is C/C(=C/C=O)C(=O)N(C)C. The van der Waals surface area contributed by atoms with Gasteiger partial charge in [-0.05, 0) is 13.0 Å². The van der Waals surface area contributed by atoms with E-state index in [4.69, 9.17) is 0 Å². The Labute approximate surface area is 60.3 Å². The van der Waals surface area contributed by atoms with Crippen molar-refractivity contribution in [2.24, 2.45) is 0 Å². The second-order valence-corrected chi connectivity index (χ2v) is 2.19. The summed E-state index contributed by atoms with van der Waals surface area (Å²) in [6.45, 7) is 1.61. The van der Waals surface area contributed by atoms with E-state index in [1.54, 1.807) is 21.0 Å². The number of amides is 1. The fraction of sp³-hybridized carbons (Fsp3) is 0.429. The topological polar surface area (TPSA) is 37.4 Å². The minimum Gasteiger partial charge on any atom is -0.345 e. The van der Waals surface area contributed by atoms with Crippen molar-refractivity contribution in [2.45, 2.75) is 6.92 Å². The largest absolute Gasteiger partial charge is 0.345 e. The van der Waals surface area contributed by atoms with Crippen LogP contribution in [0, 0.1) is 0 Å². The van der Waals surface area contributed by atoms with E-state index >= 15 is 0 Å². The molecule has 0 N–H and O–H groups in total. The van der Waals surface area contributed by atoms with Crippen molar-refractivity contribution in [3.05, 3.63) is 11.6 Å². The van der Waals surface area contributed by atoms with Gasteiger partial charge in [-0.25, -0.2) is 0 Å². The molecule has 0 aromatic rings. The highest BCUT2D eigenvalue weighted by Crippen LogP contribution is 1.94. The van der Waals surface area contributed by atoms with E-state index in [0.717, 1.165) is 0 Å². The Bertz CT molecular complexity index is 170. The number of carbonyl (C=O) groups excluding carboxylic acids is 2.